The van der Waals surface area contributed by atoms with Crippen LogP contribution in [0.2, 0.25) is 0 Å². The van der Waals surface area contributed by atoms with Crippen molar-refractivity contribution in [1.29, 1.82) is 0 Å². The van der Waals surface area contributed by atoms with E-state index in [4.69, 9.17) is 10.2 Å². The first-order valence-electron chi connectivity index (χ1n) is 12.7. The van der Waals surface area contributed by atoms with E-state index in [1.807, 2.05) is 0 Å². The molecule has 40 heavy (non-hydrogen) atoms. The quantitative estimate of drug-likeness (QED) is 0.189. The van der Waals surface area contributed by atoms with E-state index in [0.717, 1.165) is 0 Å². The number of rotatable bonds is 13. The number of carboxylic acid groups (broad SMARTS) is 5. The Morgan fingerprint density at radius 2 is 1.07 bits per heavy atom. The van der Waals surface area contributed by atoms with Gasteiger partial charge in [0.05, 0.1) is 11.4 Å². The molecule has 0 fully saturated rings. The maximum Gasteiger partial charge on any atom is 3.00 e. The zero-order chi connectivity index (χ0) is 29.1. The van der Waals surface area contributed by atoms with E-state index in [9.17, 15) is 39.3 Å². The maximum atomic E-state index is 12.2. The molecular weight excluding hydrogens is 674 g/mol. The van der Waals surface area contributed by atoms with Crippen molar-refractivity contribution in [1.82, 2.24) is 19.7 Å². The van der Waals surface area contributed by atoms with E-state index in [2.05, 4.69) is 4.98 Å². The van der Waals surface area contributed by atoms with E-state index in [1.165, 1.54) is 9.80 Å². The van der Waals surface area contributed by atoms with Gasteiger partial charge >= 0.3 is 69.8 Å². The first-order chi connectivity index (χ1) is 18.4. The fourth-order valence-electron chi connectivity index (χ4n) is 4.78. The number of carboxylic acids is 5. The summed E-state index contributed by atoms with van der Waals surface area (Å²) in [6, 6.07) is 1.86. The number of aliphatic carboxylic acids is 5. The van der Waals surface area contributed by atoms with Crippen LogP contribution in [0.15, 0.2) is 18.2 Å². The molecule has 3 unspecified atom stereocenters. The molecule has 2 rings (SSSR count). The molecule has 3 atom stereocenters. The van der Waals surface area contributed by atoms with Crippen LogP contribution in [0.3, 0.4) is 0 Å². The maximum absolute atomic E-state index is 12.2. The molecule has 1 aliphatic heterocycles. The van der Waals surface area contributed by atoms with Gasteiger partial charge in [0.2, 0.25) is 0 Å². The van der Waals surface area contributed by atoms with E-state index in [-0.39, 0.29) is 105 Å². The van der Waals surface area contributed by atoms with Crippen LogP contribution in [0.5, 0.6) is 0 Å². The minimum absolute atomic E-state index is 0. The fraction of sp³-hybridized carbons (Fsp3) is 0.600. The number of pyridine rings is 1. The van der Waals surface area contributed by atoms with Gasteiger partial charge in [0.1, 0.15) is 18.1 Å². The van der Waals surface area contributed by atoms with Crippen molar-refractivity contribution in [3.05, 3.63) is 29.6 Å². The Bertz CT molecular complexity index is 1040. The molecule has 1 radical (unpaired) electrons. The monoisotopic (exact) mass is 710 g/mol. The normalized spacial score (nSPS) is 17.7. The van der Waals surface area contributed by atoms with E-state index in [1.54, 1.807) is 30.0 Å². The fourth-order valence-corrected chi connectivity index (χ4v) is 4.78. The topological polar surface area (TPSA) is 209 Å². The Kier molecular flexibility index (Phi) is 15.6. The summed E-state index contributed by atoms with van der Waals surface area (Å²) in [5.74, 6) is -5.84. The Hall–Kier alpha value is -2.30. The molecule has 0 saturated heterocycles. The molecular formula is C25H36GdN4O10+3. The van der Waals surface area contributed by atoms with Gasteiger partial charge in [0.15, 0.2) is 0 Å². The molecule has 2 bridgehead atoms. The molecule has 5 N–H and O–H groups in total. The molecule has 14 nitrogen and oxygen atoms in total. The van der Waals surface area contributed by atoms with Crippen LogP contribution in [0.4, 0.5) is 0 Å². The van der Waals surface area contributed by atoms with Crippen LogP contribution >= 0.6 is 0 Å². The SMILES string of the molecule is CCC(C(=O)O)N1CCN(C(CCC(=O)O)C(=O)O)CCN(C(CCC(=O)O)C(=O)O)Cc2cccc(n2)C1.[Gd+3]. The number of hydrogen-bond donors (Lipinski definition) is 5. The zero-order valence-corrected chi connectivity index (χ0v) is 24.4. The molecule has 1 aliphatic rings. The third-order valence-corrected chi connectivity index (χ3v) is 6.77. The van der Waals surface area contributed by atoms with Gasteiger partial charge in [0.25, 0.3) is 0 Å². The van der Waals surface area contributed by atoms with E-state index < -0.39 is 54.4 Å². The van der Waals surface area contributed by atoms with E-state index >= 15 is 0 Å². The van der Waals surface area contributed by atoms with Gasteiger partial charge in [-0.05, 0) is 31.4 Å². The molecule has 0 amide bonds. The smallest absolute Gasteiger partial charge is 0.481 e. The van der Waals surface area contributed by atoms with Crippen LogP contribution in [0.1, 0.15) is 50.4 Å². The first-order valence-corrected chi connectivity index (χ1v) is 12.7. The number of nitrogens with zero attached hydrogens (tertiary/aromatic N) is 4. The summed E-state index contributed by atoms with van der Waals surface area (Å²) in [6.07, 6.45) is -0.894. The standard InChI is InChI=1S/C25H36N4O10.Gd/c1-2-18(23(34)35)28-12-10-27(19(24(36)37)6-8-21(30)31)11-13-29(20(25(38)39)7-9-22(32)33)15-17-5-3-4-16(14-28)26-17;/h3-5,18-20H,2,6-15H2,1H3,(H,30,31)(H,32,33)(H,34,35)(H,36,37)(H,38,39);/q;+3. The van der Waals surface area contributed by atoms with Crippen molar-refractivity contribution >= 4 is 29.8 Å². The third kappa shape index (κ3) is 11.3. The molecule has 221 valence electrons. The summed E-state index contributed by atoms with van der Waals surface area (Å²) < 4.78 is 0. The van der Waals surface area contributed by atoms with Crippen molar-refractivity contribution in [3.8, 4) is 0 Å². The number of carbonyl (C=O) groups is 5. The second-order valence-corrected chi connectivity index (χ2v) is 9.43. The number of aromatic nitrogens is 1. The summed E-state index contributed by atoms with van der Waals surface area (Å²) in [5.41, 5.74) is 1.03. The molecule has 0 aliphatic carbocycles. The Morgan fingerprint density at radius 1 is 0.700 bits per heavy atom. The summed E-state index contributed by atoms with van der Waals surface area (Å²) in [6.45, 7) is 2.14. The van der Waals surface area contributed by atoms with Crippen molar-refractivity contribution in [3.63, 3.8) is 0 Å². The number of fused-ring (bicyclic) bond motifs is 2. The van der Waals surface area contributed by atoms with Crippen LogP contribution in [0.25, 0.3) is 0 Å². The van der Waals surface area contributed by atoms with Gasteiger partial charge in [-0.15, -0.1) is 0 Å². The molecule has 15 heteroatoms. The van der Waals surface area contributed by atoms with Crippen LogP contribution in [0, 0.1) is 39.9 Å². The first kappa shape index (κ1) is 35.7. The Balaban J connectivity index is 0.00000800. The van der Waals surface area contributed by atoms with Crippen molar-refractivity contribution < 1.29 is 89.4 Å². The Labute approximate surface area is 263 Å². The minimum Gasteiger partial charge on any atom is -0.481 e. The van der Waals surface area contributed by atoms with Gasteiger partial charge in [-0.2, -0.15) is 0 Å². The molecule has 0 saturated carbocycles. The molecule has 0 aromatic carbocycles. The Morgan fingerprint density at radius 3 is 1.45 bits per heavy atom. The average molecular weight is 710 g/mol. The number of hydrogen-bond acceptors (Lipinski definition) is 9. The van der Waals surface area contributed by atoms with Crippen molar-refractivity contribution in [2.24, 2.45) is 0 Å². The van der Waals surface area contributed by atoms with Gasteiger partial charge in [-0.1, -0.05) is 13.0 Å². The average Bonchev–Trinajstić information content (AvgIpc) is 2.83. The summed E-state index contributed by atoms with van der Waals surface area (Å²) in [7, 11) is 0. The van der Waals surface area contributed by atoms with Crippen LogP contribution < -0.4 is 0 Å². The summed E-state index contributed by atoms with van der Waals surface area (Å²) >= 11 is 0. The molecule has 1 aromatic rings. The summed E-state index contributed by atoms with van der Waals surface area (Å²) in [4.78, 5) is 68.0. The second-order valence-electron chi connectivity index (χ2n) is 9.43. The molecule has 1 aromatic heterocycles. The summed E-state index contributed by atoms with van der Waals surface area (Å²) in [5, 5.41) is 47.9. The van der Waals surface area contributed by atoms with Gasteiger partial charge < -0.3 is 25.5 Å². The zero-order valence-electron chi connectivity index (χ0n) is 22.2. The van der Waals surface area contributed by atoms with Crippen molar-refractivity contribution in [2.45, 2.75) is 70.2 Å². The second kappa shape index (κ2) is 17.5. The van der Waals surface area contributed by atoms with Crippen LogP contribution in [-0.2, 0) is 37.1 Å². The predicted molar refractivity (Wildman–Crippen MR) is 135 cm³/mol. The van der Waals surface area contributed by atoms with Gasteiger partial charge in [-0.3, -0.25) is 43.7 Å². The van der Waals surface area contributed by atoms with Crippen LogP contribution in [-0.4, -0.2) is 119 Å². The molecule has 0 spiro atoms. The minimum atomic E-state index is -1.25. The van der Waals surface area contributed by atoms with Gasteiger partial charge in [-0.25, -0.2) is 0 Å². The molecule has 2 heterocycles. The largest absolute Gasteiger partial charge is 3.00 e. The third-order valence-electron chi connectivity index (χ3n) is 6.77. The van der Waals surface area contributed by atoms with Crippen molar-refractivity contribution in [2.75, 3.05) is 26.2 Å². The van der Waals surface area contributed by atoms with E-state index in [0.29, 0.717) is 11.4 Å². The predicted octanol–water partition coefficient (Wildman–Crippen LogP) is 0.500. The van der Waals surface area contributed by atoms with Gasteiger partial charge in [0, 0.05) is 52.1 Å².